The van der Waals surface area contributed by atoms with Crippen LogP contribution in [0.15, 0.2) is 77.2 Å². The van der Waals surface area contributed by atoms with Gasteiger partial charge in [-0.15, -0.1) is 0 Å². The number of benzene rings is 3. The maximum atomic E-state index is 12.9. The van der Waals surface area contributed by atoms with Gasteiger partial charge in [-0.1, -0.05) is 41.9 Å². The summed E-state index contributed by atoms with van der Waals surface area (Å²) in [6.07, 6.45) is 0.138. The molecule has 0 aliphatic heterocycles. The third-order valence-electron chi connectivity index (χ3n) is 4.67. The number of fused-ring (bicyclic) bond motifs is 1. The molecule has 1 heterocycles. The molecule has 0 aliphatic rings. The first-order valence-electron chi connectivity index (χ1n) is 9.55. The van der Waals surface area contributed by atoms with Gasteiger partial charge in [0.25, 0.3) is 5.91 Å². The number of hydrogen-bond acceptors (Lipinski definition) is 4. The number of amides is 2. The average molecular weight is 435 g/mol. The Morgan fingerprint density at radius 2 is 1.74 bits per heavy atom. The molecule has 0 radical (unpaired) electrons. The SMILES string of the molecule is COc1ccc(CC(=O)Nc2c(C(=O)Nc3cccc(Cl)c3)oc3ccccc23)cc1. The van der Waals surface area contributed by atoms with Crippen molar-refractivity contribution in [2.24, 2.45) is 0 Å². The molecule has 0 unspecified atom stereocenters. The minimum Gasteiger partial charge on any atom is -0.497 e. The Hall–Kier alpha value is -3.77. The van der Waals surface area contributed by atoms with E-state index in [9.17, 15) is 9.59 Å². The maximum Gasteiger partial charge on any atom is 0.293 e. The van der Waals surface area contributed by atoms with E-state index in [4.69, 9.17) is 20.8 Å². The molecular formula is C24H19ClN2O4. The lowest BCUT2D eigenvalue weighted by Gasteiger charge is -2.08. The molecule has 4 aromatic rings. The van der Waals surface area contributed by atoms with Gasteiger partial charge < -0.3 is 19.8 Å². The van der Waals surface area contributed by atoms with E-state index in [1.165, 1.54) is 0 Å². The Bertz CT molecular complexity index is 1250. The van der Waals surface area contributed by atoms with Crippen molar-refractivity contribution >= 4 is 45.8 Å². The summed E-state index contributed by atoms with van der Waals surface area (Å²) < 4.78 is 10.9. The lowest BCUT2D eigenvalue weighted by molar-refractivity contribution is -0.115. The Labute approximate surface area is 183 Å². The molecule has 2 N–H and O–H groups in total. The summed E-state index contributed by atoms with van der Waals surface area (Å²) in [5.74, 6) is -0.0269. The summed E-state index contributed by atoms with van der Waals surface area (Å²) >= 11 is 6.00. The molecule has 3 aromatic carbocycles. The summed E-state index contributed by atoms with van der Waals surface area (Å²) in [5, 5.41) is 6.73. The molecule has 0 saturated carbocycles. The van der Waals surface area contributed by atoms with E-state index >= 15 is 0 Å². The molecule has 7 heteroatoms. The van der Waals surface area contributed by atoms with Gasteiger partial charge in [0.2, 0.25) is 11.7 Å². The van der Waals surface area contributed by atoms with Gasteiger partial charge in [-0.25, -0.2) is 0 Å². The van der Waals surface area contributed by atoms with E-state index < -0.39 is 5.91 Å². The molecular weight excluding hydrogens is 416 g/mol. The minimum absolute atomic E-state index is 0.0178. The summed E-state index contributed by atoms with van der Waals surface area (Å²) in [5.41, 5.74) is 2.16. The number of anilines is 2. The van der Waals surface area contributed by atoms with Crippen LogP contribution >= 0.6 is 11.6 Å². The van der Waals surface area contributed by atoms with Crippen LogP contribution in [0, 0.1) is 0 Å². The summed E-state index contributed by atoms with van der Waals surface area (Å²) in [4.78, 5) is 25.6. The van der Waals surface area contributed by atoms with Gasteiger partial charge >= 0.3 is 0 Å². The van der Waals surface area contributed by atoms with Crippen LogP contribution in [0.2, 0.25) is 5.02 Å². The van der Waals surface area contributed by atoms with Crippen LogP contribution < -0.4 is 15.4 Å². The highest BCUT2D eigenvalue weighted by atomic mass is 35.5. The van der Waals surface area contributed by atoms with E-state index in [2.05, 4.69) is 10.6 Å². The predicted molar refractivity (Wildman–Crippen MR) is 121 cm³/mol. The van der Waals surface area contributed by atoms with Crippen molar-refractivity contribution in [3.05, 3.63) is 89.1 Å². The average Bonchev–Trinajstić information content (AvgIpc) is 3.13. The zero-order chi connectivity index (χ0) is 21.8. The normalized spacial score (nSPS) is 10.6. The van der Waals surface area contributed by atoms with Crippen LogP contribution in [0.5, 0.6) is 5.75 Å². The zero-order valence-electron chi connectivity index (χ0n) is 16.6. The summed E-state index contributed by atoms with van der Waals surface area (Å²) in [6.45, 7) is 0. The van der Waals surface area contributed by atoms with Crippen LogP contribution in [0.3, 0.4) is 0 Å². The van der Waals surface area contributed by atoms with Gasteiger partial charge in [-0.05, 0) is 48.0 Å². The van der Waals surface area contributed by atoms with Gasteiger partial charge in [-0.3, -0.25) is 9.59 Å². The van der Waals surface area contributed by atoms with E-state index in [0.717, 1.165) is 5.56 Å². The van der Waals surface area contributed by atoms with Crippen LogP contribution in [0.25, 0.3) is 11.0 Å². The molecule has 6 nitrogen and oxygen atoms in total. The van der Waals surface area contributed by atoms with Crippen molar-refractivity contribution in [1.82, 2.24) is 0 Å². The molecule has 4 rings (SSSR count). The molecule has 0 fully saturated rings. The first-order valence-corrected chi connectivity index (χ1v) is 9.92. The highest BCUT2D eigenvalue weighted by Crippen LogP contribution is 2.32. The standard InChI is InChI=1S/C24H19ClN2O4/c1-30-18-11-9-15(10-12-18)13-21(28)27-22-19-7-2-3-8-20(19)31-23(22)24(29)26-17-6-4-5-16(25)14-17/h2-12,14H,13H2,1H3,(H,26,29)(H,27,28). The molecule has 0 atom stereocenters. The number of ether oxygens (including phenoxy) is 1. The quantitative estimate of drug-likeness (QED) is 0.418. The highest BCUT2D eigenvalue weighted by Gasteiger charge is 2.22. The van der Waals surface area contributed by atoms with Crippen LogP contribution in [0.1, 0.15) is 16.1 Å². The van der Waals surface area contributed by atoms with Crippen molar-refractivity contribution in [2.45, 2.75) is 6.42 Å². The smallest absolute Gasteiger partial charge is 0.293 e. The zero-order valence-corrected chi connectivity index (χ0v) is 17.4. The number of nitrogens with one attached hydrogen (secondary N) is 2. The monoisotopic (exact) mass is 434 g/mol. The number of rotatable bonds is 6. The molecule has 31 heavy (non-hydrogen) atoms. The first kappa shape index (κ1) is 20.5. The van der Waals surface area contributed by atoms with Gasteiger partial charge in [0.05, 0.1) is 13.5 Å². The van der Waals surface area contributed by atoms with Crippen molar-refractivity contribution in [3.63, 3.8) is 0 Å². The number of carbonyl (C=O) groups is 2. The van der Waals surface area contributed by atoms with Crippen molar-refractivity contribution < 1.29 is 18.7 Å². The summed E-state index contributed by atoms with van der Waals surface area (Å²) in [7, 11) is 1.59. The van der Waals surface area contributed by atoms with Crippen LogP contribution in [-0.4, -0.2) is 18.9 Å². The molecule has 0 bridgehead atoms. The third-order valence-corrected chi connectivity index (χ3v) is 4.91. The van der Waals surface area contributed by atoms with E-state index in [0.29, 0.717) is 33.1 Å². The maximum absolute atomic E-state index is 12.9. The minimum atomic E-state index is -0.488. The second-order valence-electron chi connectivity index (χ2n) is 6.84. The second kappa shape index (κ2) is 8.93. The van der Waals surface area contributed by atoms with E-state index in [1.807, 2.05) is 18.2 Å². The lowest BCUT2D eigenvalue weighted by atomic mass is 10.1. The lowest BCUT2D eigenvalue weighted by Crippen LogP contribution is -2.18. The van der Waals surface area contributed by atoms with Crippen molar-refractivity contribution in [3.8, 4) is 5.75 Å². The van der Waals surface area contributed by atoms with Gasteiger partial charge in [0.1, 0.15) is 17.0 Å². The second-order valence-corrected chi connectivity index (χ2v) is 7.28. The van der Waals surface area contributed by atoms with Crippen LogP contribution in [0.4, 0.5) is 11.4 Å². The van der Waals surface area contributed by atoms with Crippen LogP contribution in [-0.2, 0) is 11.2 Å². The number of hydrogen-bond donors (Lipinski definition) is 2. The Morgan fingerprint density at radius 3 is 2.48 bits per heavy atom. The number of methoxy groups -OCH3 is 1. The molecule has 0 saturated heterocycles. The van der Waals surface area contributed by atoms with Gasteiger partial charge in [0.15, 0.2) is 0 Å². The third kappa shape index (κ3) is 4.70. The molecule has 2 amide bonds. The molecule has 0 spiro atoms. The number of carbonyl (C=O) groups excluding carboxylic acids is 2. The van der Waals surface area contributed by atoms with E-state index in [-0.39, 0.29) is 18.1 Å². The number of para-hydroxylation sites is 1. The Balaban J connectivity index is 1.59. The Morgan fingerprint density at radius 1 is 0.968 bits per heavy atom. The van der Waals surface area contributed by atoms with Gasteiger partial charge in [-0.2, -0.15) is 0 Å². The number of furan rings is 1. The fraction of sp³-hybridized carbons (Fsp3) is 0.0833. The van der Waals surface area contributed by atoms with E-state index in [1.54, 1.807) is 61.7 Å². The van der Waals surface area contributed by atoms with Crippen molar-refractivity contribution in [1.29, 1.82) is 0 Å². The fourth-order valence-electron chi connectivity index (χ4n) is 3.20. The number of halogens is 1. The Kier molecular flexibility index (Phi) is 5.91. The van der Waals surface area contributed by atoms with Crippen molar-refractivity contribution in [2.75, 3.05) is 17.7 Å². The molecule has 1 aromatic heterocycles. The van der Waals surface area contributed by atoms with Gasteiger partial charge in [0, 0.05) is 16.1 Å². The summed E-state index contributed by atoms with van der Waals surface area (Å²) in [6, 6.07) is 21.2. The first-order chi connectivity index (χ1) is 15.0. The predicted octanol–water partition coefficient (Wildman–Crippen LogP) is 5.53. The molecule has 0 aliphatic carbocycles. The fourth-order valence-corrected chi connectivity index (χ4v) is 3.39. The molecule has 156 valence electrons. The highest BCUT2D eigenvalue weighted by molar-refractivity contribution is 6.31. The largest absolute Gasteiger partial charge is 0.497 e. The topological polar surface area (TPSA) is 80.6 Å².